The van der Waals surface area contributed by atoms with Crippen LogP contribution in [0.15, 0.2) is 252 Å². The lowest BCUT2D eigenvalue weighted by Crippen LogP contribution is -2.64. The van der Waals surface area contributed by atoms with Gasteiger partial charge in [-0.25, -0.2) is 0 Å². The summed E-state index contributed by atoms with van der Waals surface area (Å²) in [5, 5.41) is 0. The van der Waals surface area contributed by atoms with Gasteiger partial charge < -0.3 is 24.5 Å². The molecule has 12 aromatic rings. The van der Waals surface area contributed by atoms with E-state index in [1.54, 1.807) is 0 Å². The number of benzene rings is 12. The molecule has 0 saturated heterocycles. The second-order valence-corrected chi connectivity index (χ2v) is 44.1. The van der Waals surface area contributed by atoms with Gasteiger partial charge in [-0.15, -0.1) is 0 Å². The Kier molecular flexibility index (Phi) is 19.2. The third-order valence-corrected chi connectivity index (χ3v) is 26.2. The van der Waals surface area contributed by atoms with Gasteiger partial charge in [0.05, 0.1) is 5.69 Å². The van der Waals surface area contributed by atoms with Crippen molar-refractivity contribution < 1.29 is 0 Å². The molecule has 5 nitrogen and oxygen atoms in total. The average molecular weight is 1540 g/mol. The van der Waals surface area contributed by atoms with Crippen LogP contribution in [0.5, 0.6) is 0 Å². The van der Waals surface area contributed by atoms with E-state index in [0.717, 1.165) is 62.6 Å². The molecular weight excluding hydrogens is 1420 g/mol. The van der Waals surface area contributed by atoms with Gasteiger partial charge in [-0.2, -0.15) is 0 Å². The van der Waals surface area contributed by atoms with E-state index in [1.165, 1.54) is 115 Å². The third-order valence-electron chi connectivity index (χ3n) is 25.1. The average Bonchev–Trinajstić information content (AvgIpc) is 0.684. The Balaban J connectivity index is 1.03. The molecule has 0 radical (unpaired) electrons. The minimum Gasteiger partial charge on any atom is -0.311 e. The Morgan fingerprint density at radius 2 is 0.440 bits per heavy atom. The monoisotopic (exact) mass is 1540 g/mol. The summed E-state index contributed by atoms with van der Waals surface area (Å²) < 4.78 is 0. The summed E-state index contributed by atoms with van der Waals surface area (Å²) in [6.45, 7) is 62.7. The molecule has 0 bridgehead atoms. The SMILES string of the molecule is CC(C)(C)c1ccc(N(c2ccc(C(C)(C)C)cc2)c2cc3c4c(c2)N(c2ccc(C(C)(C)C)cc2)c2ccc(C(C)(C)C)cc2B4c2cc4c(cc2S3)N(c2ccc(C(C)(C)C)cc2)c2cc(N(c3ccc(C(C)(C)C)cc3)c3ccc(C(C)(C)C)cc3)cc3c2B4c2cc(C(C)(C)C)ccc2N3c2ccc(C(C)(C)C)cc2)cc1. The Morgan fingerprint density at radius 1 is 0.198 bits per heavy atom. The van der Waals surface area contributed by atoms with Gasteiger partial charge in [0.1, 0.15) is 0 Å². The van der Waals surface area contributed by atoms with Crippen molar-refractivity contribution in [1.82, 2.24) is 0 Å². The fourth-order valence-corrected chi connectivity index (χ4v) is 19.1. The van der Waals surface area contributed by atoms with E-state index >= 15 is 0 Å². The molecule has 0 N–H and O–H groups in total. The van der Waals surface area contributed by atoms with Crippen molar-refractivity contribution in [2.24, 2.45) is 0 Å². The summed E-state index contributed by atoms with van der Waals surface area (Å²) in [6, 6.07) is 96.9. The zero-order valence-corrected chi connectivity index (χ0v) is 75.2. The Bertz CT molecular complexity index is 5660. The van der Waals surface area contributed by atoms with Crippen molar-refractivity contribution in [3.8, 4) is 0 Å². The minimum absolute atomic E-state index is 0.0272. The van der Waals surface area contributed by atoms with Gasteiger partial charge in [-0.3, -0.25) is 0 Å². The number of hydrogen-bond acceptors (Lipinski definition) is 6. The molecule has 116 heavy (non-hydrogen) atoms. The lowest BCUT2D eigenvalue weighted by Gasteiger charge is -2.46. The van der Waals surface area contributed by atoms with Crippen molar-refractivity contribution in [3.05, 3.63) is 293 Å². The van der Waals surface area contributed by atoms with Crippen LogP contribution in [-0.4, -0.2) is 13.4 Å². The highest BCUT2D eigenvalue weighted by Crippen LogP contribution is 2.53. The van der Waals surface area contributed by atoms with Crippen LogP contribution in [-0.2, 0) is 48.7 Å². The van der Waals surface area contributed by atoms with Crippen LogP contribution in [0.25, 0.3) is 0 Å². The number of rotatable bonds is 9. The van der Waals surface area contributed by atoms with Crippen molar-refractivity contribution in [1.29, 1.82) is 0 Å². The molecule has 0 aliphatic carbocycles. The second-order valence-electron chi connectivity index (χ2n) is 43.0. The molecule has 4 heterocycles. The smallest absolute Gasteiger partial charge is 0.252 e. The summed E-state index contributed by atoms with van der Waals surface area (Å²) in [4.78, 5) is 15.5. The fraction of sp³-hybridized carbons (Fsp3) is 0.333. The maximum Gasteiger partial charge on any atom is 0.252 e. The molecule has 8 heteroatoms. The first kappa shape index (κ1) is 79.9. The molecule has 16 rings (SSSR count). The highest BCUT2D eigenvalue weighted by Gasteiger charge is 2.49. The molecule has 0 aromatic heterocycles. The number of fused-ring (bicyclic) bond motifs is 8. The predicted octanol–water partition coefficient (Wildman–Crippen LogP) is 27.2. The van der Waals surface area contributed by atoms with E-state index < -0.39 is 0 Å². The van der Waals surface area contributed by atoms with E-state index in [0.29, 0.717) is 0 Å². The summed E-state index contributed by atoms with van der Waals surface area (Å²) in [5.41, 5.74) is 36.1. The van der Waals surface area contributed by atoms with Gasteiger partial charge in [0, 0.05) is 89.4 Å². The molecule has 0 saturated carbocycles. The first-order valence-corrected chi connectivity index (χ1v) is 43.3. The minimum atomic E-state index is -0.203. The van der Waals surface area contributed by atoms with E-state index in [2.05, 4.69) is 454 Å². The van der Waals surface area contributed by atoms with Crippen molar-refractivity contribution >= 4 is 143 Å². The molecule has 12 aromatic carbocycles. The second kappa shape index (κ2) is 27.9. The molecule has 4 aliphatic rings. The van der Waals surface area contributed by atoms with E-state index in [-0.39, 0.29) is 62.2 Å². The van der Waals surface area contributed by atoms with Crippen molar-refractivity contribution in [2.75, 3.05) is 24.5 Å². The van der Waals surface area contributed by atoms with Gasteiger partial charge in [0.2, 0.25) is 6.71 Å². The van der Waals surface area contributed by atoms with Crippen LogP contribution in [0.2, 0.25) is 0 Å². The molecule has 590 valence electrons. The van der Waals surface area contributed by atoms with Crippen molar-refractivity contribution in [3.63, 3.8) is 0 Å². The summed E-state index contributed by atoms with van der Waals surface area (Å²) in [6.07, 6.45) is 0. The van der Waals surface area contributed by atoms with Crippen LogP contribution in [0.3, 0.4) is 0 Å². The Hall–Kier alpha value is -9.88. The lowest BCUT2D eigenvalue weighted by molar-refractivity contribution is 0.590. The van der Waals surface area contributed by atoms with E-state index in [1.807, 2.05) is 11.8 Å². The summed E-state index contributed by atoms with van der Waals surface area (Å²) in [5.74, 6) is 0. The van der Waals surface area contributed by atoms with Crippen LogP contribution < -0.4 is 57.3 Å². The quantitative estimate of drug-likeness (QED) is 0.133. The zero-order valence-electron chi connectivity index (χ0n) is 74.4. The van der Waals surface area contributed by atoms with Crippen molar-refractivity contribution in [2.45, 2.75) is 245 Å². The number of anilines is 15. The fourth-order valence-electron chi connectivity index (χ4n) is 17.9. The predicted molar refractivity (Wildman–Crippen MR) is 508 cm³/mol. The maximum atomic E-state index is 2.73. The van der Waals surface area contributed by atoms with Gasteiger partial charge in [-0.05, 0) is 254 Å². The molecule has 0 amide bonds. The van der Waals surface area contributed by atoms with Gasteiger partial charge >= 0.3 is 0 Å². The third kappa shape index (κ3) is 14.5. The molecule has 4 aliphatic heterocycles. The molecule has 0 spiro atoms. The first-order chi connectivity index (χ1) is 54.2. The Morgan fingerprint density at radius 3 is 0.733 bits per heavy atom. The lowest BCUT2D eigenvalue weighted by atomic mass is 9.30. The van der Waals surface area contributed by atoms with Crippen LogP contribution in [0.4, 0.5) is 85.3 Å². The molecule has 0 atom stereocenters. The number of hydrogen-bond donors (Lipinski definition) is 0. The Labute approximate surface area is 701 Å². The standard InChI is InChI=1S/C108H121B2N5S/c1-100(2,3)68-28-44-77(45-29-68)111(78-46-30-69(31-47-78)101(4,5)6)84-62-93-98-94(63-84)115(83-56-40-74(41-57-83)106(19,20)21)92-67-96-89(66-88(92)109(98)86-60-75(107(22,23)24)42-58-90(86)113(93)81-52-36-72(37-53-81)104(13,14)15)110-87-61-76(108(25,26)27)43-59-91(87)114(82-54-38-73(39-55-82)105(16,17)18)95-64-85(65-97(116-96)99(95)110)112(79-48-32-70(33-49-79)102(7,8)9)80-50-34-71(35-51-80)103(10,11)12/h28-67H,1-27H3. The van der Waals surface area contributed by atoms with E-state index in [4.69, 9.17) is 0 Å². The van der Waals surface area contributed by atoms with E-state index in [9.17, 15) is 0 Å². The van der Waals surface area contributed by atoms with Crippen LogP contribution >= 0.6 is 11.8 Å². The largest absolute Gasteiger partial charge is 0.311 e. The van der Waals surface area contributed by atoms with Gasteiger partial charge in [-0.1, -0.05) is 319 Å². The number of nitrogens with zero attached hydrogens (tertiary/aromatic N) is 5. The topological polar surface area (TPSA) is 16.2 Å². The summed E-state index contributed by atoms with van der Waals surface area (Å²) >= 11 is 1.96. The summed E-state index contributed by atoms with van der Waals surface area (Å²) in [7, 11) is 0. The highest BCUT2D eigenvalue weighted by atomic mass is 32.2. The molecular formula is C108H121B2N5S. The normalized spacial score (nSPS) is 14.2. The maximum absolute atomic E-state index is 2.73. The van der Waals surface area contributed by atoms with Gasteiger partial charge in [0.15, 0.2) is 0 Å². The van der Waals surface area contributed by atoms with Crippen LogP contribution in [0, 0.1) is 0 Å². The highest BCUT2D eigenvalue weighted by molar-refractivity contribution is 8.00. The first-order valence-electron chi connectivity index (χ1n) is 42.4. The van der Waals surface area contributed by atoms with Crippen LogP contribution in [0.1, 0.15) is 237 Å². The zero-order chi connectivity index (χ0) is 83.0. The molecule has 0 fully saturated rings. The van der Waals surface area contributed by atoms with Gasteiger partial charge in [0.25, 0.3) is 6.71 Å². The molecule has 0 unspecified atom stereocenters.